The SMILES string of the molecule is CN(CC1CC1)C(=O)C1Cc2cc(S(=O)(=O)Cl)ccc2O1. The molecule has 0 spiro atoms. The first-order valence-corrected chi connectivity index (χ1v) is 9.15. The molecule has 1 atom stereocenters. The van der Waals surface area contributed by atoms with Gasteiger partial charge in [-0.2, -0.15) is 0 Å². The van der Waals surface area contributed by atoms with Gasteiger partial charge < -0.3 is 9.64 Å². The number of amides is 1. The summed E-state index contributed by atoms with van der Waals surface area (Å²) in [5.41, 5.74) is 0.704. The highest BCUT2D eigenvalue weighted by Crippen LogP contribution is 2.33. The van der Waals surface area contributed by atoms with Crippen LogP contribution in [0.1, 0.15) is 18.4 Å². The van der Waals surface area contributed by atoms with Crippen LogP contribution in [0.2, 0.25) is 0 Å². The van der Waals surface area contributed by atoms with E-state index in [2.05, 4.69) is 0 Å². The number of likely N-dealkylation sites (N-methyl/N-ethyl adjacent to an activating group) is 1. The Kier molecular flexibility index (Phi) is 3.61. The van der Waals surface area contributed by atoms with Gasteiger partial charge in [0.1, 0.15) is 5.75 Å². The molecule has 2 aliphatic rings. The monoisotopic (exact) mass is 329 g/mol. The Labute approximate surface area is 128 Å². The average molecular weight is 330 g/mol. The summed E-state index contributed by atoms with van der Waals surface area (Å²) in [4.78, 5) is 14.1. The summed E-state index contributed by atoms with van der Waals surface area (Å²) in [7, 11) is 3.34. The fraction of sp³-hybridized carbons (Fsp3) is 0.500. The summed E-state index contributed by atoms with van der Waals surface area (Å²) in [6, 6.07) is 4.42. The molecule has 3 rings (SSSR count). The summed E-state index contributed by atoms with van der Waals surface area (Å²) in [5.74, 6) is 1.11. The lowest BCUT2D eigenvalue weighted by molar-refractivity contribution is -0.136. The molecule has 1 amide bonds. The molecule has 0 aromatic heterocycles. The van der Waals surface area contributed by atoms with E-state index in [1.807, 2.05) is 0 Å². The Morgan fingerprint density at radius 3 is 2.76 bits per heavy atom. The van der Waals surface area contributed by atoms with Crippen LogP contribution < -0.4 is 4.74 Å². The number of halogens is 1. The zero-order valence-electron chi connectivity index (χ0n) is 11.6. The van der Waals surface area contributed by atoms with Gasteiger partial charge >= 0.3 is 0 Å². The van der Waals surface area contributed by atoms with E-state index in [0.717, 1.165) is 6.54 Å². The standard InChI is InChI=1S/C14H16ClNO4S/c1-16(8-9-2-3-9)14(17)13-7-10-6-11(21(15,18)19)4-5-12(10)20-13/h4-6,9,13H,2-3,7-8H2,1H3. The minimum atomic E-state index is -3.76. The molecule has 1 aliphatic heterocycles. The summed E-state index contributed by atoms with van der Waals surface area (Å²) in [5, 5.41) is 0. The van der Waals surface area contributed by atoms with E-state index in [9.17, 15) is 13.2 Å². The van der Waals surface area contributed by atoms with Crippen molar-refractivity contribution in [3.05, 3.63) is 23.8 Å². The van der Waals surface area contributed by atoms with Gasteiger partial charge in [0.2, 0.25) is 0 Å². The van der Waals surface area contributed by atoms with E-state index < -0.39 is 15.2 Å². The molecule has 0 N–H and O–H groups in total. The van der Waals surface area contributed by atoms with Crippen LogP contribution in [0.4, 0.5) is 0 Å². The molecular weight excluding hydrogens is 314 g/mol. The molecule has 7 heteroatoms. The van der Waals surface area contributed by atoms with Crippen molar-refractivity contribution in [3.8, 4) is 5.75 Å². The van der Waals surface area contributed by atoms with Crippen LogP contribution in [0.25, 0.3) is 0 Å². The number of rotatable bonds is 4. The fourth-order valence-corrected chi connectivity index (χ4v) is 3.34. The van der Waals surface area contributed by atoms with Crippen LogP contribution in [0.5, 0.6) is 5.75 Å². The topological polar surface area (TPSA) is 63.7 Å². The molecule has 1 aromatic carbocycles. The lowest BCUT2D eigenvalue weighted by Gasteiger charge is -2.20. The zero-order chi connectivity index (χ0) is 15.2. The largest absolute Gasteiger partial charge is 0.480 e. The predicted octanol–water partition coefficient (Wildman–Crippen LogP) is 1.79. The molecule has 21 heavy (non-hydrogen) atoms. The van der Waals surface area contributed by atoms with Crippen LogP contribution in [0, 0.1) is 5.92 Å². The average Bonchev–Trinajstić information content (AvgIpc) is 3.11. The van der Waals surface area contributed by atoms with Crippen LogP contribution in [-0.2, 0) is 20.3 Å². The highest BCUT2D eigenvalue weighted by atomic mass is 35.7. The maximum Gasteiger partial charge on any atom is 0.263 e. The number of fused-ring (bicyclic) bond motifs is 1. The molecule has 0 bridgehead atoms. The van der Waals surface area contributed by atoms with Crippen molar-refractivity contribution in [2.24, 2.45) is 5.92 Å². The first-order valence-electron chi connectivity index (χ1n) is 6.84. The Hall–Kier alpha value is -1.27. The predicted molar refractivity (Wildman–Crippen MR) is 78.0 cm³/mol. The fourth-order valence-electron chi connectivity index (χ4n) is 2.54. The van der Waals surface area contributed by atoms with E-state index in [0.29, 0.717) is 23.7 Å². The molecule has 114 valence electrons. The molecular formula is C14H16ClNO4S. The minimum Gasteiger partial charge on any atom is -0.480 e. The number of ether oxygens (including phenoxy) is 1. The molecule has 5 nitrogen and oxygen atoms in total. The van der Waals surface area contributed by atoms with E-state index in [-0.39, 0.29) is 10.8 Å². The lowest BCUT2D eigenvalue weighted by atomic mass is 10.1. The Bertz CT molecular complexity index is 684. The van der Waals surface area contributed by atoms with Crippen molar-refractivity contribution < 1.29 is 17.9 Å². The minimum absolute atomic E-state index is 0.0333. The van der Waals surface area contributed by atoms with E-state index in [1.165, 1.54) is 25.0 Å². The Morgan fingerprint density at radius 2 is 2.14 bits per heavy atom. The highest BCUT2D eigenvalue weighted by molar-refractivity contribution is 8.13. The van der Waals surface area contributed by atoms with Crippen LogP contribution >= 0.6 is 10.7 Å². The number of benzene rings is 1. The van der Waals surface area contributed by atoms with Crippen LogP contribution in [0.3, 0.4) is 0 Å². The van der Waals surface area contributed by atoms with Gasteiger partial charge in [-0.25, -0.2) is 8.42 Å². The first kappa shape index (κ1) is 14.7. The maximum absolute atomic E-state index is 12.3. The number of hydrogen-bond acceptors (Lipinski definition) is 4. The number of nitrogens with zero attached hydrogens (tertiary/aromatic N) is 1. The van der Waals surface area contributed by atoms with Crippen molar-refractivity contribution in [1.29, 1.82) is 0 Å². The molecule has 1 unspecified atom stereocenters. The molecule has 1 fully saturated rings. The van der Waals surface area contributed by atoms with Gasteiger partial charge in [-0.05, 0) is 42.5 Å². The van der Waals surface area contributed by atoms with Gasteiger partial charge in [0.05, 0.1) is 4.90 Å². The van der Waals surface area contributed by atoms with E-state index in [4.69, 9.17) is 15.4 Å². The summed E-state index contributed by atoms with van der Waals surface area (Å²) < 4.78 is 28.3. The second-order valence-electron chi connectivity index (χ2n) is 5.68. The van der Waals surface area contributed by atoms with Crippen molar-refractivity contribution >= 4 is 25.6 Å². The Morgan fingerprint density at radius 1 is 1.43 bits per heavy atom. The van der Waals surface area contributed by atoms with Gasteiger partial charge in [0.25, 0.3) is 15.0 Å². The maximum atomic E-state index is 12.3. The third kappa shape index (κ3) is 3.16. The number of hydrogen-bond donors (Lipinski definition) is 0. The zero-order valence-corrected chi connectivity index (χ0v) is 13.2. The van der Waals surface area contributed by atoms with Crippen molar-refractivity contribution in [2.75, 3.05) is 13.6 Å². The van der Waals surface area contributed by atoms with Gasteiger partial charge in [0, 0.05) is 30.7 Å². The van der Waals surface area contributed by atoms with Gasteiger partial charge in [-0.1, -0.05) is 0 Å². The first-order chi connectivity index (χ1) is 9.84. The molecule has 1 heterocycles. The quantitative estimate of drug-likeness (QED) is 0.790. The second kappa shape index (κ2) is 5.18. The summed E-state index contributed by atoms with van der Waals surface area (Å²) in [6.45, 7) is 0.760. The number of carbonyl (C=O) groups is 1. The Balaban J connectivity index is 1.73. The lowest BCUT2D eigenvalue weighted by Crippen LogP contribution is -2.39. The van der Waals surface area contributed by atoms with Gasteiger partial charge in [-0.3, -0.25) is 4.79 Å². The van der Waals surface area contributed by atoms with E-state index >= 15 is 0 Å². The van der Waals surface area contributed by atoms with Gasteiger partial charge in [-0.15, -0.1) is 0 Å². The molecule has 1 saturated carbocycles. The summed E-state index contributed by atoms with van der Waals surface area (Å²) in [6.07, 6.45) is 2.17. The van der Waals surface area contributed by atoms with Crippen molar-refractivity contribution in [3.63, 3.8) is 0 Å². The van der Waals surface area contributed by atoms with Crippen molar-refractivity contribution in [2.45, 2.75) is 30.3 Å². The summed E-state index contributed by atoms with van der Waals surface area (Å²) >= 11 is 0. The van der Waals surface area contributed by atoms with E-state index in [1.54, 1.807) is 18.0 Å². The second-order valence-corrected chi connectivity index (χ2v) is 8.25. The number of carbonyl (C=O) groups excluding carboxylic acids is 1. The molecule has 0 saturated heterocycles. The van der Waals surface area contributed by atoms with Crippen LogP contribution in [-0.4, -0.2) is 38.9 Å². The normalized spacial score (nSPS) is 20.8. The third-order valence-electron chi connectivity index (χ3n) is 3.87. The van der Waals surface area contributed by atoms with Gasteiger partial charge in [0.15, 0.2) is 6.10 Å². The third-order valence-corrected chi connectivity index (χ3v) is 5.22. The molecule has 0 radical (unpaired) electrons. The molecule has 1 aliphatic carbocycles. The molecule has 1 aromatic rings. The van der Waals surface area contributed by atoms with Crippen LogP contribution in [0.15, 0.2) is 23.1 Å². The highest BCUT2D eigenvalue weighted by Gasteiger charge is 2.34. The smallest absolute Gasteiger partial charge is 0.263 e. The van der Waals surface area contributed by atoms with Crippen molar-refractivity contribution in [1.82, 2.24) is 4.90 Å².